The molecule has 0 spiro atoms. The van der Waals surface area contributed by atoms with Crippen molar-refractivity contribution in [2.45, 2.75) is 59.9 Å². The van der Waals surface area contributed by atoms with Crippen molar-refractivity contribution >= 4 is 0 Å². The lowest BCUT2D eigenvalue weighted by molar-refractivity contribution is -0.933. The summed E-state index contributed by atoms with van der Waals surface area (Å²) in [5.41, 5.74) is 0. The zero-order valence-corrected chi connectivity index (χ0v) is 11.1. The molecule has 0 aliphatic carbocycles. The highest BCUT2D eigenvalue weighted by Gasteiger charge is 2.27. The van der Waals surface area contributed by atoms with E-state index in [1.807, 2.05) is 0 Å². The van der Waals surface area contributed by atoms with E-state index in [-0.39, 0.29) is 0 Å². The van der Waals surface area contributed by atoms with Gasteiger partial charge in [-0.05, 0) is 26.7 Å². The maximum Gasteiger partial charge on any atom is 0.0859 e. The van der Waals surface area contributed by atoms with Crippen molar-refractivity contribution in [1.29, 1.82) is 0 Å². The van der Waals surface area contributed by atoms with Crippen LogP contribution in [0, 0.1) is 5.92 Å². The van der Waals surface area contributed by atoms with E-state index in [2.05, 4.69) is 41.7 Å². The minimum Gasteiger partial charge on any atom is -0.324 e. The standard InChI is InChI=1S/C13H30N/c1-7-9-10-13(5)14(6,8-2)11-12(3)4/h12-13H,7-11H2,1-6H3/q+1. The van der Waals surface area contributed by atoms with Gasteiger partial charge >= 0.3 is 0 Å². The van der Waals surface area contributed by atoms with E-state index in [4.69, 9.17) is 0 Å². The monoisotopic (exact) mass is 200 g/mol. The Kier molecular flexibility index (Phi) is 6.43. The first-order valence-electron chi connectivity index (χ1n) is 6.30. The Hall–Kier alpha value is -0.0400. The summed E-state index contributed by atoms with van der Waals surface area (Å²) in [5, 5.41) is 0. The van der Waals surface area contributed by atoms with Crippen LogP contribution in [0.5, 0.6) is 0 Å². The van der Waals surface area contributed by atoms with Gasteiger partial charge in [0.05, 0.1) is 26.2 Å². The second-order valence-corrected chi connectivity index (χ2v) is 5.36. The number of unbranched alkanes of at least 4 members (excludes halogenated alkanes) is 1. The predicted molar refractivity (Wildman–Crippen MR) is 65.4 cm³/mol. The van der Waals surface area contributed by atoms with E-state index in [1.54, 1.807) is 0 Å². The van der Waals surface area contributed by atoms with E-state index < -0.39 is 0 Å². The van der Waals surface area contributed by atoms with Gasteiger partial charge in [-0.2, -0.15) is 0 Å². The molecule has 0 aliphatic heterocycles. The lowest BCUT2D eigenvalue weighted by atomic mass is 10.0. The second-order valence-electron chi connectivity index (χ2n) is 5.36. The molecule has 0 aliphatic rings. The Morgan fingerprint density at radius 3 is 2.00 bits per heavy atom. The van der Waals surface area contributed by atoms with E-state index >= 15 is 0 Å². The summed E-state index contributed by atoms with van der Waals surface area (Å²) >= 11 is 0. The van der Waals surface area contributed by atoms with Crippen molar-refractivity contribution in [1.82, 2.24) is 0 Å². The summed E-state index contributed by atoms with van der Waals surface area (Å²) in [4.78, 5) is 0. The SMILES string of the molecule is CCCCC(C)[N+](C)(CC)CC(C)C. The van der Waals surface area contributed by atoms with Gasteiger partial charge in [0.15, 0.2) is 0 Å². The average molecular weight is 200 g/mol. The molecule has 0 saturated carbocycles. The molecular formula is C13H30N+. The zero-order valence-electron chi connectivity index (χ0n) is 11.1. The second kappa shape index (κ2) is 6.44. The molecule has 0 N–H and O–H groups in total. The summed E-state index contributed by atoms with van der Waals surface area (Å²) in [5.74, 6) is 0.809. The summed E-state index contributed by atoms with van der Waals surface area (Å²) in [7, 11) is 2.42. The number of nitrogens with zero attached hydrogens (tertiary/aromatic N) is 1. The highest BCUT2D eigenvalue weighted by molar-refractivity contribution is 4.54. The topological polar surface area (TPSA) is 0 Å². The lowest BCUT2D eigenvalue weighted by Crippen LogP contribution is -2.52. The summed E-state index contributed by atoms with van der Waals surface area (Å²) in [6.45, 7) is 14.3. The van der Waals surface area contributed by atoms with Crippen LogP contribution in [0.3, 0.4) is 0 Å². The fourth-order valence-electron chi connectivity index (χ4n) is 2.27. The third kappa shape index (κ3) is 4.45. The van der Waals surface area contributed by atoms with Gasteiger partial charge < -0.3 is 4.48 Å². The van der Waals surface area contributed by atoms with Gasteiger partial charge in [0.1, 0.15) is 0 Å². The molecule has 2 unspecified atom stereocenters. The van der Waals surface area contributed by atoms with Crippen LogP contribution in [0.1, 0.15) is 53.9 Å². The molecule has 2 atom stereocenters. The fraction of sp³-hybridized carbons (Fsp3) is 1.00. The quantitative estimate of drug-likeness (QED) is 0.550. The molecule has 1 nitrogen and oxygen atoms in total. The van der Waals surface area contributed by atoms with Crippen LogP contribution in [0.4, 0.5) is 0 Å². The largest absolute Gasteiger partial charge is 0.324 e. The molecule has 86 valence electrons. The third-order valence-corrected chi connectivity index (χ3v) is 3.54. The minimum absolute atomic E-state index is 0.809. The molecule has 14 heavy (non-hydrogen) atoms. The first-order chi connectivity index (χ1) is 6.46. The van der Waals surface area contributed by atoms with E-state index in [0.29, 0.717) is 0 Å². The Labute approximate surface area is 91.1 Å². The number of quaternary nitrogens is 1. The maximum absolute atomic E-state index is 2.42. The molecule has 0 saturated heterocycles. The Morgan fingerprint density at radius 1 is 1.07 bits per heavy atom. The molecule has 0 heterocycles. The normalized spacial score (nSPS) is 18.2. The highest BCUT2D eigenvalue weighted by Crippen LogP contribution is 2.18. The molecule has 0 radical (unpaired) electrons. The van der Waals surface area contributed by atoms with Crippen LogP contribution in [0.15, 0.2) is 0 Å². The summed E-state index contributed by atoms with van der Waals surface area (Å²) in [6, 6.07) is 0.822. The van der Waals surface area contributed by atoms with Crippen molar-refractivity contribution < 1.29 is 4.48 Å². The minimum atomic E-state index is 0.809. The Morgan fingerprint density at radius 2 is 1.64 bits per heavy atom. The number of rotatable bonds is 7. The third-order valence-electron chi connectivity index (χ3n) is 3.54. The van der Waals surface area contributed by atoms with Gasteiger partial charge in [-0.25, -0.2) is 0 Å². The van der Waals surface area contributed by atoms with E-state index in [9.17, 15) is 0 Å². The van der Waals surface area contributed by atoms with Crippen molar-refractivity contribution in [2.75, 3.05) is 20.1 Å². The average Bonchev–Trinajstić information content (AvgIpc) is 2.12. The predicted octanol–water partition coefficient (Wildman–Crippen LogP) is 3.69. The molecular weight excluding hydrogens is 170 g/mol. The van der Waals surface area contributed by atoms with Gasteiger partial charge in [-0.15, -0.1) is 0 Å². The van der Waals surface area contributed by atoms with Crippen molar-refractivity contribution in [3.8, 4) is 0 Å². The van der Waals surface area contributed by atoms with Gasteiger partial charge in [0, 0.05) is 5.92 Å². The molecule has 0 aromatic carbocycles. The van der Waals surface area contributed by atoms with Gasteiger partial charge in [-0.3, -0.25) is 0 Å². The van der Waals surface area contributed by atoms with Crippen LogP contribution < -0.4 is 0 Å². The molecule has 0 fully saturated rings. The van der Waals surface area contributed by atoms with Crippen molar-refractivity contribution in [3.05, 3.63) is 0 Å². The number of hydrogen-bond acceptors (Lipinski definition) is 0. The Balaban J connectivity index is 4.19. The van der Waals surface area contributed by atoms with Crippen LogP contribution in [0.2, 0.25) is 0 Å². The first-order valence-corrected chi connectivity index (χ1v) is 6.30. The van der Waals surface area contributed by atoms with Crippen molar-refractivity contribution in [3.63, 3.8) is 0 Å². The molecule has 0 amide bonds. The van der Waals surface area contributed by atoms with Crippen LogP contribution in [0.25, 0.3) is 0 Å². The summed E-state index contributed by atoms with van der Waals surface area (Å²) < 4.78 is 1.25. The van der Waals surface area contributed by atoms with Gasteiger partial charge in [0.25, 0.3) is 0 Å². The van der Waals surface area contributed by atoms with Crippen LogP contribution >= 0.6 is 0 Å². The molecule has 0 aromatic rings. The van der Waals surface area contributed by atoms with Crippen molar-refractivity contribution in [2.24, 2.45) is 5.92 Å². The van der Waals surface area contributed by atoms with E-state index in [0.717, 1.165) is 12.0 Å². The van der Waals surface area contributed by atoms with Gasteiger partial charge in [-0.1, -0.05) is 27.2 Å². The molecule has 1 heteroatoms. The highest BCUT2D eigenvalue weighted by atomic mass is 15.3. The maximum atomic E-state index is 2.42. The fourth-order valence-corrected chi connectivity index (χ4v) is 2.27. The lowest BCUT2D eigenvalue weighted by Gasteiger charge is -2.40. The van der Waals surface area contributed by atoms with Crippen LogP contribution in [-0.4, -0.2) is 30.7 Å². The molecule has 0 aromatic heterocycles. The number of hydrogen-bond donors (Lipinski definition) is 0. The first kappa shape index (κ1) is 14.0. The smallest absolute Gasteiger partial charge is 0.0859 e. The molecule has 0 bridgehead atoms. The summed E-state index contributed by atoms with van der Waals surface area (Å²) in [6.07, 6.45) is 4.09. The van der Waals surface area contributed by atoms with E-state index in [1.165, 1.54) is 36.8 Å². The van der Waals surface area contributed by atoms with Crippen LogP contribution in [-0.2, 0) is 0 Å². The zero-order chi connectivity index (χ0) is 11.2. The Bertz CT molecular complexity index is 142. The molecule has 0 rings (SSSR count). The van der Waals surface area contributed by atoms with Gasteiger partial charge in [0.2, 0.25) is 0 Å².